The topological polar surface area (TPSA) is 119 Å². The van der Waals surface area contributed by atoms with Crippen LogP contribution in [0.2, 0.25) is 5.02 Å². The summed E-state index contributed by atoms with van der Waals surface area (Å²) in [5, 5.41) is 5.72. The zero-order valence-corrected chi connectivity index (χ0v) is 19.9. The Bertz CT molecular complexity index is 1140. The number of benzene rings is 1. The number of morpholine rings is 1. The number of aromatic nitrogens is 1. The van der Waals surface area contributed by atoms with E-state index in [4.69, 9.17) is 31.8 Å². The Morgan fingerprint density at radius 1 is 1.44 bits per heavy atom. The summed E-state index contributed by atoms with van der Waals surface area (Å²) in [6.45, 7) is 3.00. The molecule has 2 aliphatic rings. The molecule has 2 atom stereocenters. The molecule has 0 saturated carbocycles. The molecule has 1 aromatic heterocycles. The Hall–Kier alpha value is -2.86. The average molecular weight is 508 g/mol. The van der Waals surface area contributed by atoms with Crippen LogP contribution in [0.3, 0.4) is 0 Å². The van der Waals surface area contributed by atoms with E-state index < -0.39 is 29.8 Å². The van der Waals surface area contributed by atoms with Gasteiger partial charge in [0.05, 0.1) is 25.4 Å². The van der Waals surface area contributed by atoms with Crippen molar-refractivity contribution in [3.8, 4) is 0 Å². The summed E-state index contributed by atoms with van der Waals surface area (Å²) in [4.78, 5) is 36.1. The Morgan fingerprint density at radius 3 is 2.94 bits per heavy atom. The normalized spacial score (nSPS) is 21.1. The first-order valence-electron chi connectivity index (χ1n) is 10.6. The second kappa shape index (κ2) is 10.6. The van der Waals surface area contributed by atoms with Gasteiger partial charge in [0.1, 0.15) is 17.9 Å². The van der Waals surface area contributed by atoms with Crippen LogP contribution < -0.4 is 11.1 Å². The molecule has 180 valence electrons. The van der Waals surface area contributed by atoms with Crippen LogP contribution in [0.1, 0.15) is 23.5 Å². The Labute approximate surface area is 204 Å². The van der Waals surface area contributed by atoms with E-state index in [2.05, 4.69) is 10.3 Å². The molecule has 0 bridgehead atoms. The van der Waals surface area contributed by atoms with Gasteiger partial charge in [-0.3, -0.25) is 14.7 Å². The number of ether oxygens (including phenoxy) is 2. The smallest absolute Gasteiger partial charge is 0.338 e. The molecule has 3 heterocycles. The lowest BCUT2D eigenvalue weighted by Gasteiger charge is -2.36. The van der Waals surface area contributed by atoms with Crippen molar-refractivity contribution in [3.63, 3.8) is 0 Å². The number of esters is 1. The molecular formula is C22H23ClFN5O4S. The maximum absolute atomic E-state index is 13.8. The van der Waals surface area contributed by atoms with Crippen molar-refractivity contribution in [1.29, 1.82) is 0 Å². The Balaban J connectivity index is 1.83. The lowest BCUT2D eigenvalue weighted by atomic mass is 9.95. The highest BCUT2D eigenvalue weighted by molar-refractivity contribution is 7.11. The van der Waals surface area contributed by atoms with Crippen molar-refractivity contribution in [2.24, 2.45) is 10.7 Å². The van der Waals surface area contributed by atoms with E-state index in [-0.39, 0.29) is 30.4 Å². The molecule has 0 aliphatic carbocycles. The fraction of sp³-hybridized carbons (Fsp3) is 0.364. The van der Waals surface area contributed by atoms with Gasteiger partial charge in [-0.25, -0.2) is 14.2 Å². The van der Waals surface area contributed by atoms with Gasteiger partial charge in [-0.2, -0.15) is 0 Å². The molecule has 1 fully saturated rings. The quantitative estimate of drug-likeness (QED) is 0.550. The molecule has 0 radical (unpaired) electrons. The summed E-state index contributed by atoms with van der Waals surface area (Å²) in [5.41, 5.74) is 6.71. The van der Waals surface area contributed by atoms with Crippen molar-refractivity contribution >= 4 is 40.6 Å². The number of nitrogens with zero attached hydrogens (tertiary/aromatic N) is 3. The minimum absolute atomic E-state index is 0.122. The van der Waals surface area contributed by atoms with Crippen molar-refractivity contribution in [2.45, 2.75) is 19.0 Å². The van der Waals surface area contributed by atoms with E-state index in [1.165, 1.54) is 29.5 Å². The molecule has 1 amide bonds. The summed E-state index contributed by atoms with van der Waals surface area (Å²) >= 11 is 7.74. The number of nitrogens with two attached hydrogens (primary N) is 1. The number of primary amides is 1. The monoisotopic (exact) mass is 507 g/mol. The first-order chi connectivity index (χ1) is 16.4. The first-order valence-corrected chi connectivity index (χ1v) is 11.9. The summed E-state index contributed by atoms with van der Waals surface area (Å²) in [6, 6.07) is 2.38. The molecule has 34 heavy (non-hydrogen) atoms. The molecule has 4 rings (SSSR count). The fourth-order valence-corrected chi connectivity index (χ4v) is 4.72. The number of carbonyl (C=O) groups is 2. The van der Waals surface area contributed by atoms with Gasteiger partial charge in [0, 0.05) is 40.9 Å². The number of carbonyl (C=O) groups excluding carboxylic acids is 2. The molecule has 9 nitrogen and oxygen atoms in total. The number of thiazole rings is 1. The molecule has 1 saturated heterocycles. The van der Waals surface area contributed by atoms with Crippen LogP contribution in [0.5, 0.6) is 0 Å². The molecule has 2 aliphatic heterocycles. The van der Waals surface area contributed by atoms with Crippen LogP contribution in [0.15, 0.2) is 46.0 Å². The SMILES string of the molecule is CCOC(=O)C1=C(CN2CCOCC2C(N)=O)NC(c2nccs2)=NC1c1ccc(F)cc1Cl. The van der Waals surface area contributed by atoms with Gasteiger partial charge in [0.15, 0.2) is 10.8 Å². The molecular weight excluding hydrogens is 485 g/mol. The molecule has 3 N–H and O–H groups in total. The average Bonchev–Trinajstić information content (AvgIpc) is 3.34. The van der Waals surface area contributed by atoms with Gasteiger partial charge in [-0.05, 0) is 19.1 Å². The number of amides is 1. The van der Waals surface area contributed by atoms with Crippen molar-refractivity contribution in [1.82, 2.24) is 15.2 Å². The Kier molecular flexibility index (Phi) is 7.57. The van der Waals surface area contributed by atoms with E-state index in [0.29, 0.717) is 35.3 Å². The number of rotatable bonds is 7. The minimum atomic E-state index is -0.879. The standard InChI is InChI=1S/C22H23ClFN5O4S/c1-2-33-22(31)17-15(10-29-6-7-32-11-16(29)19(25)30)27-20(21-26-5-8-34-21)28-18(17)13-4-3-12(24)9-14(13)23/h3-5,8-9,16,18H,2,6-7,10-11H2,1H3,(H2,25,30)(H,27,28). The van der Waals surface area contributed by atoms with Crippen LogP contribution in [0.25, 0.3) is 0 Å². The van der Waals surface area contributed by atoms with Gasteiger partial charge < -0.3 is 20.5 Å². The number of hydrogen-bond donors (Lipinski definition) is 2. The number of halogens is 2. The van der Waals surface area contributed by atoms with Crippen LogP contribution in [-0.2, 0) is 19.1 Å². The molecule has 1 aromatic carbocycles. The molecule has 2 aromatic rings. The highest BCUT2D eigenvalue weighted by atomic mass is 35.5. The summed E-state index contributed by atoms with van der Waals surface area (Å²) in [5.74, 6) is -1.21. The van der Waals surface area contributed by atoms with E-state index in [0.717, 1.165) is 0 Å². The Morgan fingerprint density at radius 2 is 2.26 bits per heavy atom. The van der Waals surface area contributed by atoms with E-state index in [1.54, 1.807) is 18.5 Å². The van der Waals surface area contributed by atoms with Crippen LogP contribution >= 0.6 is 22.9 Å². The van der Waals surface area contributed by atoms with Gasteiger partial charge >= 0.3 is 5.97 Å². The fourth-order valence-electron chi connectivity index (χ4n) is 3.86. The minimum Gasteiger partial charge on any atom is -0.463 e. The van der Waals surface area contributed by atoms with E-state index in [9.17, 15) is 14.0 Å². The van der Waals surface area contributed by atoms with Crippen LogP contribution in [-0.4, -0.2) is 66.5 Å². The van der Waals surface area contributed by atoms with E-state index >= 15 is 0 Å². The van der Waals surface area contributed by atoms with Crippen molar-refractivity contribution in [3.05, 3.63) is 62.5 Å². The predicted molar refractivity (Wildman–Crippen MR) is 125 cm³/mol. The third kappa shape index (κ3) is 5.12. The molecule has 12 heteroatoms. The number of aliphatic imine (C=N–C) groups is 1. The predicted octanol–water partition coefficient (Wildman–Crippen LogP) is 2.03. The van der Waals surface area contributed by atoms with E-state index in [1.807, 2.05) is 4.90 Å². The van der Waals surface area contributed by atoms with Gasteiger partial charge in [-0.1, -0.05) is 17.7 Å². The highest BCUT2D eigenvalue weighted by Gasteiger charge is 2.36. The summed E-state index contributed by atoms with van der Waals surface area (Å²) in [7, 11) is 0. The highest BCUT2D eigenvalue weighted by Crippen LogP contribution is 2.37. The van der Waals surface area contributed by atoms with Gasteiger partial charge in [0.2, 0.25) is 5.91 Å². The first kappa shape index (κ1) is 24.3. The van der Waals surface area contributed by atoms with Gasteiger partial charge in [0.25, 0.3) is 0 Å². The number of nitrogens with one attached hydrogen (secondary N) is 1. The lowest BCUT2D eigenvalue weighted by molar-refractivity contribution is -0.139. The van der Waals surface area contributed by atoms with Crippen molar-refractivity contribution < 1.29 is 23.5 Å². The van der Waals surface area contributed by atoms with Crippen LogP contribution in [0.4, 0.5) is 4.39 Å². The lowest BCUT2D eigenvalue weighted by Crippen LogP contribution is -2.54. The van der Waals surface area contributed by atoms with Crippen molar-refractivity contribution in [2.75, 3.05) is 32.9 Å². The third-order valence-corrected chi connectivity index (χ3v) is 6.55. The summed E-state index contributed by atoms with van der Waals surface area (Å²) < 4.78 is 24.6. The largest absolute Gasteiger partial charge is 0.463 e. The van der Waals surface area contributed by atoms with Gasteiger partial charge in [-0.15, -0.1) is 11.3 Å². The third-order valence-electron chi connectivity index (χ3n) is 5.44. The second-order valence-corrected chi connectivity index (χ2v) is 8.89. The molecule has 0 spiro atoms. The maximum Gasteiger partial charge on any atom is 0.338 e. The zero-order valence-electron chi connectivity index (χ0n) is 18.3. The van der Waals surface area contributed by atoms with Crippen LogP contribution in [0, 0.1) is 5.82 Å². The summed E-state index contributed by atoms with van der Waals surface area (Å²) in [6.07, 6.45) is 1.64. The number of hydrogen-bond acceptors (Lipinski definition) is 9. The number of amidine groups is 1. The maximum atomic E-state index is 13.8. The molecule has 2 unspecified atom stereocenters. The second-order valence-electron chi connectivity index (χ2n) is 7.58. The zero-order chi connectivity index (χ0) is 24.2.